The lowest BCUT2D eigenvalue weighted by atomic mass is 9.98. The summed E-state index contributed by atoms with van der Waals surface area (Å²) in [5.74, 6) is -3.83. The molecule has 3 rings (SSSR count). The topological polar surface area (TPSA) is 161 Å². The number of ether oxygens (including phenoxy) is 6. The molecule has 1 fully saturated rings. The summed E-state index contributed by atoms with van der Waals surface area (Å²) in [7, 11) is 0. The van der Waals surface area contributed by atoms with Crippen LogP contribution in [0.3, 0.4) is 0 Å². The van der Waals surface area contributed by atoms with Crippen LogP contribution in [0.1, 0.15) is 43.6 Å². The van der Waals surface area contributed by atoms with Crippen molar-refractivity contribution < 1.29 is 57.5 Å². The SMILES string of the molecule is CC(=O)OC[C@@H]1O[C@@H](Oc2ccc(C(=O)c3ccccc3)c(O)c2)[C@@H](OC(C)=O)[C@H](OC(C)=O)[C@H]1OC(C)=O. The van der Waals surface area contributed by atoms with Gasteiger partial charge in [-0.15, -0.1) is 0 Å². The first-order valence-electron chi connectivity index (χ1n) is 11.9. The predicted octanol–water partition coefficient (Wildman–Crippen LogP) is 2.09. The number of rotatable bonds is 9. The van der Waals surface area contributed by atoms with Crippen molar-refractivity contribution in [3.8, 4) is 11.5 Å². The number of ketones is 1. The molecule has 0 spiro atoms. The van der Waals surface area contributed by atoms with Gasteiger partial charge >= 0.3 is 23.9 Å². The molecule has 1 heterocycles. The van der Waals surface area contributed by atoms with Gasteiger partial charge in [0.1, 0.15) is 24.2 Å². The Balaban J connectivity index is 1.95. The first-order chi connectivity index (χ1) is 18.5. The Kier molecular flexibility index (Phi) is 9.61. The van der Waals surface area contributed by atoms with E-state index < -0.39 is 72.7 Å². The van der Waals surface area contributed by atoms with E-state index in [1.54, 1.807) is 30.3 Å². The molecule has 39 heavy (non-hydrogen) atoms. The predicted molar refractivity (Wildman–Crippen MR) is 131 cm³/mol. The van der Waals surface area contributed by atoms with Crippen molar-refractivity contribution in [3.05, 3.63) is 59.7 Å². The van der Waals surface area contributed by atoms with Crippen LogP contribution in [0.4, 0.5) is 0 Å². The van der Waals surface area contributed by atoms with Gasteiger partial charge in [-0.3, -0.25) is 24.0 Å². The maximum atomic E-state index is 12.8. The molecule has 0 radical (unpaired) electrons. The van der Waals surface area contributed by atoms with Crippen molar-refractivity contribution in [1.82, 2.24) is 0 Å². The van der Waals surface area contributed by atoms with E-state index in [4.69, 9.17) is 28.4 Å². The van der Waals surface area contributed by atoms with Crippen LogP contribution in [0.15, 0.2) is 48.5 Å². The van der Waals surface area contributed by atoms with E-state index in [9.17, 15) is 29.1 Å². The quantitative estimate of drug-likeness (QED) is 0.278. The number of phenols is 1. The van der Waals surface area contributed by atoms with E-state index >= 15 is 0 Å². The third-order valence-electron chi connectivity index (χ3n) is 5.45. The van der Waals surface area contributed by atoms with Crippen LogP contribution in [0.25, 0.3) is 0 Å². The van der Waals surface area contributed by atoms with Crippen molar-refractivity contribution in [2.75, 3.05) is 6.61 Å². The molecule has 1 N–H and O–H groups in total. The normalized spacial score (nSPS) is 22.2. The van der Waals surface area contributed by atoms with E-state index in [0.29, 0.717) is 5.56 Å². The standard InChI is InChI=1S/C27H28O12/c1-14(28)34-13-22-24(35-15(2)29)25(36-16(3)30)26(37-17(4)31)27(39-22)38-19-10-11-20(21(32)12-19)23(33)18-8-6-5-7-9-18/h5-12,22,24-27,32H,13H2,1-4H3/t22-,24-,25+,26-,27+/m0/s1. The summed E-state index contributed by atoms with van der Waals surface area (Å²) in [6.45, 7) is 4.04. The molecular weight excluding hydrogens is 516 g/mol. The third kappa shape index (κ3) is 7.77. The fourth-order valence-electron chi connectivity index (χ4n) is 3.94. The zero-order valence-corrected chi connectivity index (χ0v) is 21.7. The van der Waals surface area contributed by atoms with Gasteiger partial charge < -0.3 is 33.5 Å². The van der Waals surface area contributed by atoms with Crippen LogP contribution in [0.2, 0.25) is 0 Å². The van der Waals surface area contributed by atoms with Gasteiger partial charge in [0, 0.05) is 39.3 Å². The third-order valence-corrected chi connectivity index (χ3v) is 5.45. The van der Waals surface area contributed by atoms with Gasteiger partial charge in [0.15, 0.2) is 18.0 Å². The Morgan fingerprint density at radius 2 is 1.36 bits per heavy atom. The highest BCUT2D eigenvalue weighted by Crippen LogP contribution is 2.33. The minimum Gasteiger partial charge on any atom is -0.507 e. The summed E-state index contributed by atoms with van der Waals surface area (Å²) >= 11 is 0. The number of hydrogen-bond acceptors (Lipinski definition) is 12. The molecule has 0 unspecified atom stereocenters. The zero-order valence-electron chi connectivity index (χ0n) is 21.7. The molecule has 12 nitrogen and oxygen atoms in total. The molecule has 5 atom stereocenters. The molecule has 0 amide bonds. The molecule has 208 valence electrons. The maximum Gasteiger partial charge on any atom is 0.303 e. The highest BCUT2D eigenvalue weighted by Gasteiger charge is 2.53. The number of carbonyl (C=O) groups excluding carboxylic acids is 5. The van der Waals surface area contributed by atoms with Gasteiger partial charge in [-0.25, -0.2) is 0 Å². The van der Waals surface area contributed by atoms with E-state index in [1.807, 2.05) is 0 Å². The van der Waals surface area contributed by atoms with Crippen molar-refractivity contribution in [2.24, 2.45) is 0 Å². The zero-order chi connectivity index (χ0) is 28.7. The second-order valence-corrected chi connectivity index (χ2v) is 8.56. The lowest BCUT2D eigenvalue weighted by Crippen LogP contribution is -2.63. The van der Waals surface area contributed by atoms with Crippen LogP contribution < -0.4 is 4.74 Å². The van der Waals surface area contributed by atoms with Crippen molar-refractivity contribution >= 4 is 29.7 Å². The summed E-state index contributed by atoms with van der Waals surface area (Å²) in [5.41, 5.74) is 0.371. The Morgan fingerprint density at radius 3 is 1.92 bits per heavy atom. The van der Waals surface area contributed by atoms with Gasteiger partial charge in [-0.2, -0.15) is 0 Å². The van der Waals surface area contributed by atoms with Crippen LogP contribution >= 0.6 is 0 Å². The summed E-state index contributed by atoms with van der Waals surface area (Å²) < 4.78 is 32.8. The lowest BCUT2D eigenvalue weighted by Gasteiger charge is -2.43. The van der Waals surface area contributed by atoms with Crippen LogP contribution in [0.5, 0.6) is 11.5 Å². The van der Waals surface area contributed by atoms with E-state index in [-0.39, 0.29) is 11.3 Å². The summed E-state index contributed by atoms with van der Waals surface area (Å²) in [4.78, 5) is 59.9. The second kappa shape index (κ2) is 12.9. The van der Waals surface area contributed by atoms with Crippen molar-refractivity contribution in [3.63, 3.8) is 0 Å². The highest BCUT2D eigenvalue weighted by atomic mass is 16.7. The maximum absolute atomic E-state index is 12.8. The van der Waals surface area contributed by atoms with Gasteiger partial charge in [0.05, 0.1) is 5.56 Å². The van der Waals surface area contributed by atoms with Gasteiger partial charge in [0.25, 0.3) is 0 Å². The number of carbonyl (C=O) groups is 5. The number of esters is 4. The minimum atomic E-state index is -1.49. The fraction of sp³-hybridized carbons (Fsp3) is 0.370. The molecule has 0 aliphatic carbocycles. The molecular formula is C27H28O12. The fourth-order valence-corrected chi connectivity index (χ4v) is 3.94. The number of benzene rings is 2. The summed E-state index contributed by atoms with van der Waals surface area (Å²) in [6, 6.07) is 12.2. The molecule has 1 aliphatic rings. The van der Waals surface area contributed by atoms with Gasteiger partial charge in [-0.05, 0) is 12.1 Å². The monoisotopic (exact) mass is 544 g/mol. The molecule has 12 heteroatoms. The second-order valence-electron chi connectivity index (χ2n) is 8.56. The lowest BCUT2D eigenvalue weighted by molar-refractivity contribution is -0.288. The molecule has 2 aromatic carbocycles. The van der Waals surface area contributed by atoms with Crippen molar-refractivity contribution in [2.45, 2.75) is 58.4 Å². The summed E-state index contributed by atoms with van der Waals surface area (Å²) in [6.07, 6.45) is -6.89. The molecule has 0 saturated carbocycles. The average molecular weight is 545 g/mol. The van der Waals surface area contributed by atoms with Gasteiger partial charge in [0.2, 0.25) is 12.4 Å². The van der Waals surface area contributed by atoms with E-state index in [2.05, 4.69) is 0 Å². The Morgan fingerprint density at radius 1 is 0.769 bits per heavy atom. The average Bonchev–Trinajstić information content (AvgIpc) is 2.86. The first-order valence-corrected chi connectivity index (χ1v) is 11.9. The summed E-state index contributed by atoms with van der Waals surface area (Å²) in [5, 5.41) is 10.6. The minimum absolute atomic E-state index is 0.00184. The number of hydrogen-bond donors (Lipinski definition) is 1. The first kappa shape index (κ1) is 29.1. The van der Waals surface area contributed by atoms with E-state index in [0.717, 1.165) is 33.8 Å². The van der Waals surface area contributed by atoms with Gasteiger partial charge in [-0.1, -0.05) is 30.3 Å². The Hall–Kier alpha value is -4.45. The Labute approximate surface area is 223 Å². The molecule has 1 aliphatic heterocycles. The largest absolute Gasteiger partial charge is 0.507 e. The van der Waals surface area contributed by atoms with Crippen LogP contribution in [0, 0.1) is 0 Å². The number of aromatic hydroxyl groups is 1. The Bertz CT molecular complexity index is 1220. The van der Waals surface area contributed by atoms with Crippen molar-refractivity contribution in [1.29, 1.82) is 0 Å². The van der Waals surface area contributed by atoms with Crippen LogP contribution in [-0.2, 0) is 42.9 Å². The highest BCUT2D eigenvalue weighted by molar-refractivity contribution is 6.10. The molecule has 0 bridgehead atoms. The molecule has 2 aromatic rings. The smallest absolute Gasteiger partial charge is 0.303 e. The molecule has 0 aromatic heterocycles. The number of phenolic OH excluding ortho intramolecular Hbond substituents is 1. The van der Waals surface area contributed by atoms with E-state index in [1.165, 1.54) is 12.1 Å². The molecule has 1 saturated heterocycles. The van der Waals surface area contributed by atoms with Crippen LogP contribution in [-0.4, -0.2) is 72.1 Å².